The Morgan fingerprint density at radius 1 is 0.827 bits per heavy atom. The van der Waals surface area contributed by atoms with E-state index in [1.54, 1.807) is 52.9 Å². The number of alkyl halides is 6. The Morgan fingerprint density at radius 2 is 1.48 bits per heavy atom. The van der Waals surface area contributed by atoms with Crippen LogP contribution in [0, 0.1) is 0 Å². The number of hydrogen-bond donors (Lipinski definition) is 0. The van der Waals surface area contributed by atoms with Crippen molar-refractivity contribution in [2.24, 2.45) is 7.05 Å². The van der Waals surface area contributed by atoms with Gasteiger partial charge in [-0.25, -0.2) is 4.98 Å². The molecule has 3 aromatic carbocycles. The van der Waals surface area contributed by atoms with Crippen molar-refractivity contribution in [3.63, 3.8) is 0 Å². The Labute approximate surface area is 304 Å². The monoisotopic (exact) mass is 791 g/mol. The van der Waals surface area contributed by atoms with Crippen molar-refractivity contribution in [1.82, 2.24) is 19.4 Å². The van der Waals surface area contributed by atoms with E-state index in [1.807, 2.05) is 12.1 Å². The Morgan fingerprint density at radius 3 is 2.08 bits per heavy atom. The van der Waals surface area contributed by atoms with Gasteiger partial charge in [0.2, 0.25) is 5.88 Å². The predicted molar refractivity (Wildman–Crippen MR) is 186 cm³/mol. The molecule has 0 atom stereocenters. The largest absolute Gasteiger partial charge is 0.573 e. The van der Waals surface area contributed by atoms with Gasteiger partial charge in [0, 0.05) is 69.9 Å². The quantitative estimate of drug-likeness (QED) is 0.148. The summed E-state index contributed by atoms with van der Waals surface area (Å²) in [5, 5.41) is 0.830. The molecular formula is C36H32BrF6N5O4. The van der Waals surface area contributed by atoms with Crippen molar-refractivity contribution >= 4 is 45.4 Å². The van der Waals surface area contributed by atoms with Gasteiger partial charge in [-0.2, -0.15) is 13.2 Å². The summed E-state index contributed by atoms with van der Waals surface area (Å²) in [6.07, 6.45) is -7.83. The van der Waals surface area contributed by atoms with E-state index in [2.05, 4.69) is 14.6 Å². The Bertz CT molecular complexity index is 2030. The van der Waals surface area contributed by atoms with Gasteiger partial charge in [0.25, 0.3) is 11.8 Å². The molecule has 0 bridgehead atoms. The molecule has 1 aliphatic heterocycles. The highest BCUT2D eigenvalue weighted by atomic mass is 79.9. The van der Waals surface area contributed by atoms with Gasteiger partial charge in [-0.3, -0.25) is 14.5 Å². The number of aromatic nitrogens is 2. The SMILES string of the molecule is Br.CN(C(=O)c1ccc(C(F)(F)F)cc1)c1ccc(Oc2ccc3cc(C(=O)N4CCN(Cc5ccc(OC(F)(F)F)cc5)CC4)n(C)c3c2)nc1. The zero-order valence-corrected chi connectivity index (χ0v) is 29.5. The highest BCUT2D eigenvalue weighted by Crippen LogP contribution is 2.31. The number of halogens is 7. The number of piperazine rings is 1. The number of hydrogen-bond acceptors (Lipinski definition) is 6. The topological polar surface area (TPSA) is 80.1 Å². The molecule has 1 saturated heterocycles. The number of aryl methyl sites for hydroxylation is 1. The van der Waals surface area contributed by atoms with E-state index in [0.29, 0.717) is 49.9 Å². The summed E-state index contributed by atoms with van der Waals surface area (Å²) >= 11 is 0. The van der Waals surface area contributed by atoms with Gasteiger partial charge in [0.15, 0.2) is 0 Å². The first-order chi connectivity index (χ1) is 24.1. The van der Waals surface area contributed by atoms with Crippen LogP contribution in [0.25, 0.3) is 10.9 Å². The number of benzene rings is 3. The van der Waals surface area contributed by atoms with Crippen molar-refractivity contribution in [1.29, 1.82) is 0 Å². The Kier molecular flexibility index (Phi) is 11.2. The van der Waals surface area contributed by atoms with E-state index in [0.717, 1.165) is 40.7 Å². The summed E-state index contributed by atoms with van der Waals surface area (Å²) in [5.41, 5.74) is 1.74. The minimum atomic E-state index is -4.74. The maximum atomic E-state index is 13.5. The fourth-order valence-electron chi connectivity index (χ4n) is 5.77. The lowest BCUT2D eigenvalue weighted by atomic mass is 10.1. The van der Waals surface area contributed by atoms with E-state index >= 15 is 0 Å². The molecule has 0 saturated carbocycles. The molecule has 2 amide bonds. The summed E-state index contributed by atoms with van der Waals surface area (Å²) in [5.74, 6) is -0.210. The van der Waals surface area contributed by atoms with Crippen LogP contribution in [-0.4, -0.2) is 70.8 Å². The van der Waals surface area contributed by atoms with Crippen LogP contribution >= 0.6 is 17.0 Å². The molecule has 0 spiro atoms. The second-order valence-electron chi connectivity index (χ2n) is 12.0. The molecule has 9 nitrogen and oxygen atoms in total. The standard InChI is InChI=1S/C36H31F6N5O4.BrH/c1-44(33(48)24-5-8-26(9-6-24)35(37,38)39)27-10-14-32(43-21-27)50-29-13-7-25-19-31(45(2)30(25)20-29)34(49)47-17-15-46(16-18-47)22-23-3-11-28(12-4-23)51-36(40,41)42;/h3-14,19-21H,15-18,22H2,1-2H3;1H. The number of carbonyl (C=O) groups is 2. The smallest absolute Gasteiger partial charge is 0.439 e. The van der Waals surface area contributed by atoms with Crippen molar-refractivity contribution in [2.75, 3.05) is 38.1 Å². The fraction of sp³-hybridized carbons (Fsp3) is 0.250. The van der Waals surface area contributed by atoms with Gasteiger partial charge in [0.1, 0.15) is 17.2 Å². The first kappa shape index (κ1) is 38.1. The molecule has 52 heavy (non-hydrogen) atoms. The van der Waals surface area contributed by atoms with Crippen molar-refractivity contribution < 1.29 is 45.4 Å². The van der Waals surface area contributed by atoms with Crippen molar-refractivity contribution in [3.05, 3.63) is 114 Å². The number of nitrogens with zero attached hydrogens (tertiary/aromatic N) is 5. The number of ether oxygens (including phenoxy) is 2. The molecule has 2 aromatic heterocycles. The number of amides is 2. The summed E-state index contributed by atoms with van der Waals surface area (Å²) in [7, 11) is 3.28. The zero-order valence-electron chi connectivity index (χ0n) is 27.7. The summed E-state index contributed by atoms with van der Waals surface area (Å²) in [6, 6.07) is 20.1. The van der Waals surface area contributed by atoms with Gasteiger partial charge in [0.05, 0.1) is 23.0 Å². The van der Waals surface area contributed by atoms with Crippen LogP contribution in [0.4, 0.5) is 32.0 Å². The summed E-state index contributed by atoms with van der Waals surface area (Å²) < 4.78 is 87.6. The van der Waals surface area contributed by atoms with Crippen molar-refractivity contribution in [3.8, 4) is 17.4 Å². The van der Waals surface area contributed by atoms with E-state index in [9.17, 15) is 35.9 Å². The molecule has 1 fully saturated rings. The minimum Gasteiger partial charge on any atom is -0.439 e. The van der Waals surface area contributed by atoms with Crippen molar-refractivity contribution in [2.45, 2.75) is 19.1 Å². The third-order valence-electron chi connectivity index (χ3n) is 8.55. The van der Waals surface area contributed by atoms with Crippen LogP contribution in [0.2, 0.25) is 0 Å². The number of anilines is 1. The minimum absolute atomic E-state index is 0. The highest BCUT2D eigenvalue weighted by molar-refractivity contribution is 8.93. The predicted octanol–water partition coefficient (Wildman–Crippen LogP) is 8.10. The number of carbonyl (C=O) groups excluding carboxylic acids is 2. The van der Waals surface area contributed by atoms with Crippen LogP contribution in [0.3, 0.4) is 0 Å². The lowest BCUT2D eigenvalue weighted by Gasteiger charge is -2.34. The molecule has 5 aromatic rings. The number of rotatable bonds is 8. The molecule has 6 rings (SSSR count). The zero-order chi connectivity index (χ0) is 36.5. The first-order valence-corrected chi connectivity index (χ1v) is 15.7. The van der Waals surface area contributed by atoms with Crippen LogP contribution < -0.4 is 14.4 Å². The molecule has 0 radical (unpaired) electrons. The fourth-order valence-corrected chi connectivity index (χ4v) is 5.77. The molecule has 0 N–H and O–H groups in total. The lowest BCUT2D eigenvalue weighted by Crippen LogP contribution is -2.48. The van der Waals surface area contributed by atoms with Gasteiger partial charge in [-0.05, 0) is 66.2 Å². The Balaban J connectivity index is 0.00000523. The van der Waals surface area contributed by atoms with Gasteiger partial charge < -0.3 is 23.8 Å². The lowest BCUT2D eigenvalue weighted by molar-refractivity contribution is -0.274. The molecule has 1 aliphatic rings. The third kappa shape index (κ3) is 8.85. The van der Waals surface area contributed by atoms with E-state index in [1.165, 1.54) is 30.3 Å². The van der Waals surface area contributed by atoms with Gasteiger partial charge >= 0.3 is 12.5 Å². The molecule has 16 heteroatoms. The number of pyridine rings is 1. The second-order valence-corrected chi connectivity index (χ2v) is 12.0. The molecule has 0 aliphatic carbocycles. The van der Waals surface area contributed by atoms with E-state index in [-0.39, 0.29) is 40.1 Å². The van der Waals surface area contributed by atoms with Crippen LogP contribution in [0.15, 0.2) is 91.1 Å². The molecular weight excluding hydrogens is 760 g/mol. The maximum absolute atomic E-state index is 13.5. The first-order valence-electron chi connectivity index (χ1n) is 15.7. The number of fused-ring (bicyclic) bond motifs is 1. The molecule has 274 valence electrons. The van der Waals surface area contributed by atoms with E-state index in [4.69, 9.17) is 4.74 Å². The maximum Gasteiger partial charge on any atom is 0.573 e. The van der Waals surface area contributed by atoms with E-state index < -0.39 is 24.0 Å². The van der Waals surface area contributed by atoms with Gasteiger partial charge in [-0.15, -0.1) is 30.2 Å². The normalized spacial score (nSPS) is 13.8. The third-order valence-corrected chi connectivity index (χ3v) is 8.55. The Hall–Kier alpha value is -5.09. The summed E-state index contributed by atoms with van der Waals surface area (Å²) in [4.78, 5) is 35.8. The highest BCUT2D eigenvalue weighted by Gasteiger charge is 2.32. The van der Waals surface area contributed by atoms with Crippen LogP contribution in [-0.2, 0) is 19.8 Å². The molecule has 0 unspecified atom stereocenters. The summed E-state index contributed by atoms with van der Waals surface area (Å²) in [6.45, 7) is 2.69. The molecule has 3 heterocycles. The van der Waals surface area contributed by atoms with Gasteiger partial charge in [-0.1, -0.05) is 12.1 Å². The average molecular weight is 793 g/mol. The second kappa shape index (κ2) is 15.3. The van der Waals surface area contributed by atoms with Crippen LogP contribution in [0.1, 0.15) is 32.0 Å². The average Bonchev–Trinajstić information content (AvgIpc) is 3.43. The van der Waals surface area contributed by atoms with Crippen LogP contribution in [0.5, 0.6) is 17.4 Å².